The third kappa shape index (κ3) is 2.37. The summed E-state index contributed by atoms with van der Waals surface area (Å²) in [7, 11) is 0. The number of phenolic OH excluding ortho intramolecular Hbond substituents is 2. The van der Waals surface area contributed by atoms with Gasteiger partial charge in [0.05, 0.1) is 0 Å². The van der Waals surface area contributed by atoms with Gasteiger partial charge < -0.3 is 20.4 Å². The number of aliphatic imine (C=N–C) groups is 1. The molecule has 2 aromatic rings. The van der Waals surface area contributed by atoms with Crippen LogP contribution < -0.4 is 5.32 Å². The average molecular weight is 330 g/mol. The lowest BCUT2D eigenvalue weighted by atomic mass is 10.0. The van der Waals surface area contributed by atoms with Gasteiger partial charge in [-0.2, -0.15) is 0 Å². The predicted octanol–water partition coefficient (Wildman–Crippen LogP) is 3.33. The zero-order chi connectivity index (χ0) is 16.0. The molecule has 1 atom stereocenters. The van der Waals surface area contributed by atoms with E-state index in [2.05, 4.69) is 15.2 Å². The van der Waals surface area contributed by atoms with Crippen LogP contribution in [0.3, 0.4) is 0 Å². The Morgan fingerprint density at radius 2 is 2.00 bits per heavy atom. The van der Waals surface area contributed by atoms with E-state index in [1.807, 2.05) is 18.2 Å². The molecule has 0 spiro atoms. The standard InChI is InChI=1S/C17H16ClN3O2/c18-11-3-4-12-13(9-11)20-16(21-7-1-6-19-17(12)21)10-2-5-14(22)15(23)8-10/h2-5,8-9,16,20,22-23H,1,6-7H2/t16-/m0/s1. The van der Waals surface area contributed by atoms with Gasteiger partial charge in [0.15, 0.2) is 11.5 Å². The summed E-state index contributed by atoms with van der Waals surface area (Å²) < 4.78 is 0. The second-order valence-corrected chi connectivity index (χ2v) is 6.17. The Morgan fingerprint density at radius 1 is 1.13 bits per heavy atom. The fourth-order valence-corrected chi connectivity index (χ4v) is 3.32. The Labute approximate surface area is 138 Å². The van der Waals surface area contributed by atoms with Crippen molar-refractivity contribution in [2.75, 3.05) is 18.4 Å². The summed E-state index contributed by atoms with van der Waals surface area (Å²) in [6, 6.07) is 10.6. The minimum Gasteiger partial charge on any atom is -0.504 e. The van der Waals surface area contributed by atoms with Crippen LogP contribution in [0.2, 0.25) is 5.02 Å². The van der Waals surface area contributed by atoms with Gasteiger partial charge in [-0.3, -0.25) is 4.99 Å². The second kappa shape index (κ2) is 5.35. The summed E-state index contributed by atoms with van der Waals surface area (Å²) in [4.78, 5) is 6.87. The summed E-state index contributed by atoms with van der Waals surface area (Å²) in [5.74, 6) is 0.691. The molecule has 3 N–H and O–H groups in total. The Bertz CT molecular complexity index is 806. The number of nitrogens with one attached hydrogen (secondary N) is 1. The zero-order valence-corrected chi connectivity index (χ0v) is 13.1. The maximum atomic E-state index is 9.82. The molecule has 0 aliphatic carbocycles. The van der Waals surface area contributed by atoms with Crippen molar-refractivity contribution in [3.8, 4) is 11.5 Å². The Hall–Kier alpha value is -2.40. The number of anilines is 1. The van der Waals surface area contributed by atoms with Crippen molar-refractivity contribution in [2.24, 2.45) is 4.99 Å². The van der Waals surface area contributed by atoms with Gasteiger partial charge in [0.1, 0.15) is 12.0 Å². The Kier molecular flexibility index (Phi) is 3.31. The van der Waals surface area contributed by atoms with Crippen LogP contribution in [0.25, 0.3) is 0 Å². The fourth-order valence-electron chi connectivity index (χ4n) is 3.14. The van der Waals surface area contributed by atoms with Gasteiger partial charge in [0.25, 0.3) is 0 Å². The van der Waals surface area contributed by atoms with Gasteiger partial charge in [-0.05, 0) is 42.3 Å². The maximum absolute atomic E-state index is 9.82. The first-order chi connectivity index (χ1) is 11.1. The Morgan fingerprint density at radius 3 is 2.83 bits per heavy atom. The topological polar surface area (TPSA) is 68.1 Å². The molecule has 5 nitrogen and oxygen atoms in total. The quantitative estimate of drug-likeness (QED) is 0.702. The number of aromatic hydroxyl groups is 2. The van der Waals surface area contributed by atoms with Crippen LogP contribution in [-0.2, 0) is 0 Å². The number of benzene rings is 2. The number of nitrogens with zero attached hydrogens (tertiary/aromatic N) is 2. The lowest BCUT2D eigenvalue weighted by molar-refractivity contribution is 0.321. The van der Waals surface area contributed by atoms with E-state index in [0.29, 0.717) is 5.02 Å². The molecular weight excluding hydrogens is 314 g/mol. The molecule has 0 saturated carbocycles. The first kappa shape index (κ1) is 14.2. The smallest absolute Gasteiger partial charge is 0.157 e. The predicted molar refractivity (Wildman–Crippen MR) is 90.3 cm³/mol. The highest BCUT2D eigenvalue weighted by Crippen LogP contribution is 2.38. The highest BCUT2D eigenvalue weighted by Gasteiger charge is 2.32. The second-order valence-electron chi connectivity index (χ2n) is 5.74. The first-order valence-corrected chi connectivity index (χ1v) is 7.91. The van der Waals surface area contributed by atoms with Crippen LogP contribution in [0.15, 0.2) is 41.4 Å². The number of phenols is 2. The SMILES string of the molecule is Oc1ccc([C@H]2Nc3cc(Cl)ccc3C3=NCCCN32)cc1O. The molecule has 118 valence electrons. The summed E-state index contributed by atoms with van der Waals surface area (Å²) in [5, 5.41) is 23.5. The fraction of sp³-hybridized carbons (Fsp3) is 0.235. The third-order valence-corrected chi connectivity index (χ3v) is 4.47. The van der Waals surface area contributed by atoms with E-state index in [1.165, 1.54) is 6.07 Å². The van der Waals surface area contributed by atoms with Crippen molar-refractivity contribution in [3.63, 3.8) is 0 Å². The van der Waals surface area contributed by atoms with Crippen molar-refractivity contribution >= 4 is 23.1 Å². The van der Waals surface area contributed by atoms with Crippen molar-refractivity contribution < 1.29 is 10.2 Å². The van der Waals surface area contributed by atoms with E-state index in [9.17, 15) is 10.2 Å². The average Bonchev–Trinajstić information content (AvgIpc) is 2.56. The number of rotatable bonds is 1. The Balaban J connectivity index is 1.83. The molecule has 4 rings (SSSR count). The number of hydrogen-bond acceptors (Lipinski definition) is 5. The highest BCUT2D eigenvalue weighted by molar-refractivity contribution is 6.31. The molecule has 0 unspecified atom stereocenters. The summed E-state index contributed by atoms with van der Waals surface area (Å²) in [6.45, 7) is 1.68. The van der Waals surface area contributed by atoms with Crippen molar-refractivity contribution in [1.82, 2.24) is 4.90 Å². The molecule has 6 heteroatoms. The lowest BCUT2D eigenvalue weighted by Gasteiger charge is -2.42. The van der Waals surface area contributed by atoms with Crippen molar-refractivity contribution in [1.29, 1.82) is 0 Å². The maximum Gasteiger partial charge on any atom is 0.157 e. The van der Waals surface area contributed by atoms with Crippen LogP contribution >= 0.6 is 11.6 Å². The minimum atomic E-state index is -0.161. The van der Waals surface area contributed by atoms with Crippen LogP contribution in [-0.4, -0.2) is 34.0 Å². The van der Waals surface area contributed by atoms with Crippen LogP contribution in [0.4, 0.5) is 5.69 Å². The van der Waals surface area contributed by atoms with Crippen LogP contribution in [0.1, 0.15) is 23.7 Å². The molecule has 0 amide bonds. The van der Waals surface area contributed by atoms with Crippen LogP contribution in [0, 0.1) is 0 Å². The van der Waals surface area contributed by atoms with Gasteiger partial charge >= 0.3 is 0 Å². The van der Waals surface area contributed by atoms with E-state index in [1.54, 1.807) is 12.1 Å². The first-order valence-electron chi connectivity index (χ1n) is 7.53. The number of halogens is 1. The largest absolute Gasteiger partial charge is 0.504 e. The van der Waals surface area contributed by atoms with Gasteiger partial charge in [-0.1, -0.05) is 17.7 Å². The molecule has 0 saturated heterocycles. The van der Waals surface area contributed by atoms with Gasteiger partial charge in [0.2, 0.25) is 0 Å². The zero-order valence-electron chi connectivity index (χ0n) is 12.3. The molecule has 0 bridgehead atoms. The lowest BCUT2D eigenvalue weighted by Crippen LogP contribution is -2.46. The van der Waals surface area contributed by atoms with E-state index < -0.39 is 0 Å². The number of hydrogen-bond donors (Lipinski definition) is 3. The van der Waals surface area contributed by atoms with Gasteiger partial charge in [0, 0.05) is 29.4 Å². The molecule has 2 heterocycles. The highest BCUT2D eigenvalue weighted by atomic mass is 35.5. The molecule has 0 aromatic heterocycles. The molecule has 23 heavy (non-hydrogen) atoms. The monoisotopic (exact) mass is 329 g/mol. The molecule has 2 aromatic carbocycles. The number of fused-ring (bicyclic) bond motifs is 3. The molecule has 0 fully saturated rings. The van der Waals surface area contributed by atoms with Crippen LogP contribution in [0.5, 0.6) is 11.5 Å². The van der Waals surface area contributed by atoms with Crippen molar-refractivity contribution in [2.45, 2.75) is 12.6 Å². The summed E-state index contributed by atoms with van der Waals surface area (Å²) in [6.07, 6.45) is 0.820. The van der Waals surface area contributed by atoms with Gasteiger partial charge in [-0.25, -0.2) is 0 Å². The molecule has 0 radical (unpaired) electrons. The molecule has 2 aliphatic rings. The van der Waals surface area contributed by atoms with E-state index in [-0.39, 0.29) is 17.7 Å². The normalized spacial score (nSPS) is 19.4. The van der Waals surface area contributed by atoms with E-state index in [0.717, 1.165) is 42.2 Å². The molecular formula is C17H16ClN3O2. The van der Waals surface area contributed by atoms with E-state index in [4.69, 9.17) is 11.6 Å². The van der Waals surface area contributed by atoms with Crippen molar-refractivity contribution in [3.05, 3.63) is 52.5 Å². The minimum absolute atomic E-state index is 0.125. The molecule has 2 aliphatic heterocycles. The third-order valence-electron chi connectivity index (χ3n) is 4.23. The number of amidine groups is 1. The van der Waals surface area contributed by atoms with E-state index >= 15 is 0 Å². The summed E-state index contributed by atoms with van der Waals surface area (Å²) in [5.41, 5.74) is 2.82. The summed E-state index contributed by atoms with van der Waals surface area (Å²) >= 11 is 6.13. The van der Waals surface area contributed by atoms with Gasteiger partial charge in [-0.15, -0.1) is 0 Å².